The van der Waals surface area contributed by atoms with Crippen molar-refractivity contribution in [1.29, 1.82) is 0 Å². The van der Waals surface area contributed by atoms with Crippen LogP contribution in [-0.4, -0.2) is 29.8 Å². The zero-order valence-corrected chi connectivity index (χ0v) is 10.3. The van der Waals surface area contributed by atoms with Gasteiger partial charge in [0.15, 0.2) is 0 Å². The highest BCUT2D eigenvalue weighted by atomic mass is 19.4. The molecule has 0 amide bonds. The van der Waals surface area contributed by atoms with E-state index in [0.29, 0.717) is 13.1 Å². The van der Waals surface area contributed by atoms with Crippen molar-refractivity contribution in [1.82, 2.24) is 4.98 Å². The summed E-state index contributed by atoms with van der Waals surface area (Å²) < 4.78 is 38.1. The molecule has 1 aliphatic heterocycles. The predicted molar refractivity (Wildman–Crippen MR) is 65.7 cm³/mol. The standard InChI is InChI=1S/C12H16F3N3O/c13-12(14,15)9-4-10(16)17-11(5-9)18-3-1-2-8(6-18)7-19/h4-5,8,19H,1-3,6-7H2,(H2,16,17). The van der Waals surface area contributed by atoms with Crippen LogP contribution in [0.25, 0.3) is 0 Å². The number of aliphatic hydroxyl groups is 1. The van der Waals surface area contributed by atoms with E-state index in [9.17, 15) is 13.2 Å². The van der Waals surface area contributed by atoms with Gasteiger partial charge < -0.3 is 15.7 Å². The summed E-state index contributed by atoms with van der Waals surface area (Å²) in [6.07, 6.45) is -2.73. The monoisotopic (exact) mass is 275 g/mol. The number of piperidine rings is 1. The molecular formula is C12H16F3N3O. The Bertz CT molecular complexity index is 450. The van der Waals surface area contributed by atoms with Crippen molar-refractivity contribution in [2.75, 3.05) is 30.3 Å². The number of halogens is 3. The molecule has 2 heterocycles. The molecule has 1 saturated heterocycles. The number of nitrogens with zero attached hydrogens (tertiary/aromatic N) is 2. The fourth-order valence-electron chi connectivity index (χ4n) is 2.28. The van der Waals surface area contributed by atoms with Crippen LogP contribution in [0.3, 0.4) is 0 Å². The van der Waals surface area contributed by atoms with Gasteiger partial charge >= 0.3 is 6.18 Å². The molecule has 1 aromatic heterocycles. The molecule has 1 fully saturated rings. The van der Waals surface area contributed by atoms with Gasteiger partial charge in [-0.3, -0.25) is 0 Å². The Labute approximate surface area is 109 Å². The zero-order valence-electron chi connectivity index (χ0n) is 10.3. The Morgan fingerprint density at radius 1 is 1.42 bits per heavy atom. The third-order valence-electron chi connectivity index (χ3n) is 3.26. The van der Waals surface area contributed by atoms with E-state index in [1.54, 1.807) is 4.90 Å². The number of nitrogen functional groups attached to an aromatic ring is 1. The van der Waals surface area contributed by atoms with Gasteiger partial charge in [0.1, 0.15) is 11.6 Å². The van der Waals surface area contributed by atoms with Crippen molar-refractivity contribution in [2.24, 2.45) is 5.92 Å². The molecular weight excluding hydrogens is 259 g/mol. The summed E-state index contributed by atoms with van der Waals surface area (Å²) in [5, 5.41) is 9.14. The first kappa shape index (κ1) is 13.9. The van der Waals surface area contributed by atoms with Gasteiger partial charge in [-0.05, 0) is 30.9 Å². The van der Waals surface area contributed by atoms with Crippen LogP contribution in [0.15, 0.2) is 12.1 Å². The second-order valence-electron chi connectivity index (χ2n) is 4.77. The van der Waals surface area contributed by atoms with Crippen LogP contribution in [0.5, 0.6) is 0 Å². The van der Waals surface area contributed by atoms with Gasteiger partial charge in [-0.1, -0.05) is 0 Å². The van der Waals surface area contributed by atoms with Crippen molar-refractivity contribution in [3.8, 4) is 0 Å². The molecule has 1 aromatic rings. The van der Waals surface area contributed by atoms with Gasteiger partial charge in [-0.25, -0.2) is 4.98 Å². The van der Waals surface area contributed by atoms with Crippen molar-refractivity contribution < 1.29 is 18.3 Å². The third kappa shape index (κ3) is 3.28. The molecule has 4 nitrogen and oxygen atoms in total. The lowest BCUT2D eigenvalue weighted by Gasteiger charge is -2.33. The Balaban J connectivity index is 2.26. The molecule has 19 heavy (non-hydrogen) atoms. The number of aromatic nitrogens is 1. The normalized spacial score (nSPS) is 20.6. The van der Waals surface area contributed by atoms with Gasteiger partial charge in [-0.2, -0.15) is 13.2 Å². The summed E-state index contributed by atoms with van der Waals surface area (Å²) >= 11 is 0. The molecule has 0 aromatic carbocycles. The minimum atomic E-state index is -4.43. The maximum absolute atomic E-state index is 12.7. The molecule has 1 unspecified atom stereocenters. The molecule has 1 atom stereocenters. The van der Waals surface area contributed by atoms with Crippen molar-refractivity contribution in [2.45, 2.75) is 19.0 Å². The van der Waals surface area contributed by atoms with E-state index >= 15 is 0 Å². The summed E-state index contributed by atoms with van der Waals surface area (Å²) in [7, 11) is 0. The van der Waals surface area contributed by atoms with Crippen LogP contribution in [-0.2, 0) is 6.18 Å². The Hall–Kier alpha value is -1.50. The largest absolute Gasteiger partial charge is 0.416 e. The van der Waals surface area contributed by atoms with Crippen LogP contribution in [0.4, 0.5) is 24.8 Å². The SMILES string of the molecule is Nc1cc(C(F)(F)F)cc(N2CCCC(CO)C2)n1. The lowest BCUT2D eigenvalue weighted by Crippen LogP contribution is -2.37. The topological polar surface area (TPSA) is 62.4 Å². The minimum Gasteiger partial charge on any atom is -0.396 e. The maximum Gasteiger partial charge on any atom is 0.416 e. The quantitative estimate of drug-likeness (QED) is 0.865. The van der Waals surface area contributed by atoms with Crippen LogP contribution >= 0.6 is 0 Å². The van der Waals surface area contributed by atoms with E-state index in [2.05, 4.69) is 4.98 Å². The summed E-state index contributed by atoms with van der Waals surface area (Å²) in [4.78, 5) is 5.71. The van der Waals surface area contributed by atoms with Crippen LogP contribution in [0.2, 0.25) is 0 Å². The zero-order chi connectivity index (χ0) is 14.0. The number of anilines is 2. The first-order chi connectivity index (χ1) is 8.90. The molecule has 3 N–H and O–H groups in total. The smallest absolute Gasteiger partial charge is 0.396 e. The van der Waals surface area contributed by atoms with Crippen molar-refractivity contribution in [3.05, 3.63) is 17.7 Å². The molecule has 0 bridgehead atoms. The van der Waals surface area contributed by atoms with Gasteiger partial charge in [0.2, 0.25) is 0 Å². The maximum atomic E-state index is 12.7. The van der Waals surface area contributed by atoms with Crippen LogP contribution in [0.1, 0.15) is 18.4 Å². The average molecular weight is 275 g/mol. The fourth-order valence-corrected chi connectivity index (χ4v) is 2.28. The molecule has 0 spiro atoms. The first-order valence-corrected chi connectivity index (χ1v) is 6.10. The van der Waals surface area contributed by atoms with E-state index in [0.717, 1.165) is 25.0 Å². The number of aliphatic hydroxyl groups excluding tert-OH is 1. The van der Waals surface area contributed by atoms with E-state index in [4.69, 9.17) is 10.8 Å². The van der Waals surface area contributed by atoms with Gasteiger partial charge in [0.25, 0.3) is 0 Å². The minimum absolute atomic E-state index is 0.0327. The molecule has 2 rings (SSSR count). The van der Waals surface area contributed by atoms with Crippen molar-refractivity contribution >= 4 is 11.6 Å². The molecule has 0 radical (unpaired) electrons. The molecule has 0 aliphatic carbocycles. The highest BCUT2D eigenvalue weighted by Gasteiger charge is 2.32. The van der Waals surface area contributed by atoms with E-state index in [1.165, 1.54) is 0 Å². The second kappa shape index (κ2) is 5.24. The second-order valence-corrected chi connectivity index (χ2v) is 4.77. The summed E-state index contributed by atoms with van der Waals surface area (Å²) in [6, 6.07) is 1.84. The number of nitrogens with two attached hydrogens (primary N) is 1. The highest BCUT2D eigenvalue weighted by Crippen LogP contribution is 2.33. The molecule has 1 aliphatic rings. The summed E-state index contributed by atoms with van der Waals surface area (Å²) in [6.45, 7) is 1.17. The van der Waals surface area contributed by atoms with Gasteiger partial charge in [0.05, 0.1) is 5.56 Å². The Morgan fingerprint density at radius 2 is 2.16 bits per heavy atom. The Kier molecular flexibility index (Phi) is 3.84. The first-order valence-electron chi connectivity index (χ1n) is 6.10. The number of hydrogen-bond acceptors (Lipinski definition) is 4. The van der Waals surface area contributed by atoms with Gasteiger partial charge in [-0.15, -0.1) is 0 Å². The van der Waals surface area contributed by atoms with Crippen molar-refractivity contribution in [3.63, 3.8) is 0 Å². The van der Waals surface area contributed by atoms with Gasteiger partial charge in [0, 0.05) is 19.7 Å². The molecule has 7 heteroatoms. The number of alkyl halides is 3. The third-order valence-corrected chi connectivity index (χ3v) is 3.26. The molecule has 0 saturated carbocycles. The Morgan fingerprint density at radius 3 is 2.79 bits per heavy atom. The number of rotatable bonds is 2. The lowest BCUT2D eigenvalue weighted by molar-refractivity contribution is -0.137. The summed E-state index contributed by atoms with van der Waals surface area (Å²) in [5.74, 6) is 0.160. The highest BCUT2D eigenvalue weighted by molar-refractivity contribution is 5.49. The average Bonchev–Trinajstić information content (AvgIpc) is 2.37. The van der Waals surface area contributed by atoms with E-state index in [-0.39, 0.29) is 24.2 Å². The number of pyridine rings is 1. The molecule has 106 valence electrons. The van der Waals surface area contributed by atoms with E-state index in [1.807, 2.05) is 0 Å². The summed E-state index contributed by atoms with van der Waals surface area (Å²) in [5.41, 5.74) is 4.65. The predicted octanol–water partition coefficient (Wildman–Crippen LogP) is 1.89. The van der Waals surface area contributed by atoms with E-state index < -0.39 is 11.7 Å². The van der Waals surface area contributed by atoms with Crippen LogP contribution in [0, 0.1) is 5.92 Å². The van der Waals surface area contributed by atoms with Crippen LogP contribution < -0.4 is 10.6 Å². The fraction of sp³-hybridized carbons (Fsp3) is 0.583. The lowest BCUT2D eigenvalue weighted by atomic mass is 9.99. The number of hydrogen-bond donors (Lipinski definition) is 2.